The summed E-state index contributed by atoms with van der Waals surface area (Å²) in [4.78, 5) is 24.2. The zero-order chi connectivity index (χ0) is 17.1. The van der Waals surface area contributed by atoms with Gasteiger partial charge in [0.15, 0.2) is 6.61 Å². The number of fused-ring (bicyclic) bond motifs is 1. The number of benzene rings is 1. The summed E-state index contributed by atoms with van der Waals surface area (Å²) in [5.41, 5.74) is 1.40. The SMILES string of the molecule is COc1ccc2c(c1/C=C/CC1CCN(C(=O)O)CC1)OCC2=O. The highest BCUT2D eigenvalue weighted by Crippen LogP contribution is 2.37. The summed E-state index contributed by atoms with van der Waals surface area (Å²) in [6, 6.07) is 3.53. The maximum Gasteiger partial charge on any atom is 0.407 e. The predicted molar refractivity (Wildman–Crippen MR) is 88.8 cm³/mol. The molecule has 0 atom stereocenters. The quantitative estimate of drug-likeness (QED) is 0.917. The van der Waals surface area contributed by atoms with Crippen molar-refractivity contribution < 1.29 is 24.2 Å². The number of carbonyl (C=O) groups is 2. The fourth-order valence-electron chi connectivity index (χ4n) is 3.25. The molecule has 0 aromatic heterocycles. The monoisotopic (exact) mass is 331 g/mol. The Hall–Kier alpha value is -2.50. The second-order valence-corrected chi connectivity index (χ2v) is 6.12. The second-order valence-electron chi connectivity index (χ2n) is 6.12. The third-order valence-electron chi connectivity index (χ3n) is 4.66. The van der Waals surface area contributed by atoms with Gasteiger partial charge in [-0.3, -0.25) is 4.79 Å². The summed E-state index contributed by atoms with van der Waals surface area (Å²) in [6.07, 6.45) is 5.78. The van der Waals surface area contributed by atoms with E-state index in [1.807, 2.05) is 6.08 Å². The fourth-order valence-corrected chi connectivity index (χ4v) is 3.25. The van der Waals surface area contributed by atoms with Gasteiger partial charge in [0.05, 0.1) is 18.2 Å². The molecule has 0 spiro atoms. The maximum absolute atomic E-state index is 11.8. The molecule has 0 saturated carbocycles. The molecule has 2 aliphatic heterocycles. The number of hydrogen-bond acceptors (Lipinski definition) is 4. The lowest BCUT2D eigenvalue weighted by Gasteiger charge is -2.29. The summed E-state index contributed by atoms with van der Waals surface area (Å²) < 4.78 is 10.9. The molecule has 3 rings (SSSR count). The van der Waals surface area contributed by atoms with Crippen LogP contribution in [0.4, 0.5) is 4.79 Å². The van der Waals surface area contributed by atoms with Gasteiger partial charge in [-0.2, -0.15) is 0 Å². The minimum absolute atomic E-state index is 0.0108. The van der Waals surface area contributed by atoms with Gasteiger partial charge in [-0.1, -0.05) is 12.2 Å². The molecular weight excluding hydrogens is 310 g/mol. The fraction of sp³-hybridized carbons (Fsp3) is 0.444. The molecule has 128 valence electrons. The van der Waals surface area contributed by atoms with Crippen molar-refractivity contribution in [2.45, 2.75) is 19.3 Å². The van der Waals surface area contributed by atoms with Crippen molar-refractivity contribution in [3.05, 3.63) is 29.3 Å². The molecule has 24 heavy (non-hydrogen) atoms. The lowest BCUT2D eigenvalue weighted by molar-refractivity contribution is 0.0961. The van der Waals surface area contributed by atoms with E-state index in [1.165, 1.54) is 4.90 Å². The second kappa shape index (κ2) is 6.95. The van der Waals surface area contributed by atoms with E-state index < -0.39 is 6.09 Å². The van der Waals surface area contributed by atoms with Crippen LogP contribution in [-0.4, -0.2) is 48.7 Å². The zero-order valence-corrected chi connectivity index (χ0v) is 13.7. The predicted octanol–water partition coefficient (Wildman–Crippen LogP) is 3.06. The molecule has 6 heteroatoms. The highest BCUT2D eigenvalue weighted by Gasteiger charge is 2.25. The summed E-state index contributed by atoms with van der Waals surface area (Å²) in [5, 5.41) is 8.97. The number of amides is 1. The van der Waals surface area contributed by atoms with Crippen molar-refractivity contribution in [1.82, 2.24) is 4.90 Å². The van der Waals surface area contributed by atoms with Crippen molar-refractivity contribution in [3.8, 4) is 11.5 Å². The zero-order valence-electron chi connectivity index (χ0n) is 13.7. The molecule has 0 radical (unpaired) electrons. The van der Waals surface area contributed by atoms with Gasteiger partial charge in [-0.05, 0) is 37.3 Å². The Kier molecular flexibility index (Phi) is 4.74. The van der Waals surface area contributed by atoms with Crippen LogP contribution < -0.4 is 9.47 Å². The Balaban J connectivity index is 1.67. The van der Waals surface area contributed by atoms with Crippen LogP contribution in [0.15, 0.2) is 18.2 Å². The van der Waals surface area contributed by atoms with Gasteiger partial charge in [0.1, 0.15) is 11.5 Å². The van der Waals surface area contributed by atoms with Crippen molar-refractivity contribution in [1.29, 1.82) is 0 Å². The smallest absolute Gasteiger partial charge is 0.407 e. The van der Waals surface area contributed by atoms with Gasteiger partial charge in [-0.15, -0.1) is 0 Å². The van der Waals surface area contributed by atoms with E-state index in [2.05, 4.69) is 6.08 Å². The first kappa shape index (κ1) is 16.4. The number of ether oxygens (including phenoxy) is 2. The summed E-state index contributed by atoms with van der Waals surface area (Å²) in [5.74, 6) is 1.74. The van der Waals surface area contributed by atoms with Gasteiger partial charge in [0.25, 0.3) is 0 Å². The minimum Gasteiger partial charge on any atom is -0.496 e. The largest absolute Gasteiger partial charge is 0.496 e. The van der Waals surface area contributed by atoms with Crippen LogP contribution in [0.2, 0.25) is 0 Å². The highest BCUT2D eigenvalue weighted by molar-refractivity contribution is 6.03. The summed E-state index contributed by atoms with van der Waals surface area (Å²) in [7, 11) is 1.59. The molecule has 0 unspecified atom stereocenters. The molecular formula is C18H21NO5. The van der Waals surface area contributed by atoms with E-state index in [9.17, 15) is 9.59 Å². The lowest BCUT2D eigenvalue weighted by Crippen LogP contribution is -2.37. The lowest BCUT2D eigenvalue weighted by atomic mass is 9.93. The number of methoxy groups -OCH3 is 1. The Morgan fingerprint density at radius 1 is 1.42 bits per heavy atom. The number of allylic oxidation sites excluding steroid dienone is 1. The van der Waals surface area contributed by atoms with E-state index in [1.54, 1.807) is 19.2 Å². The first-order valence-corrected chi connectivity index (χ1v) is 8.11. The van der Waals surface area contributed by atoms with Crippen molar-refractivity contribution >= 4 is 18.0 Å². The van der Waals surface area contributed by atoms with Gasteiger partial charge in [-0.25, -0.2) is 4.79 Å². The average Bonchev–Trinajstić information content (AvgIpc) is 2.97. The molecule has 1 fully saturated rings. The maximum atomic E-state index is 11.8. The van der Waals surface area contributed by atoms with Crippen molar-refractivity contribution in [2.24, 2.45) is 5.92 Å². The Morgan fingerprint density at radius 2 is 2.17 bits per heavy atom. The topological polar surface area (TPSA) is 76.1 Å². The molecule has 1 saturated heterocycles. The molecule has 0 bridgehead atoms. The molecule has 0 aliphatic carbocycles. The summed E-state index contributed by atoms with van der Waals surface area (Å²) >= 11 is 0. The standard InChI is InChI=1S/C18H21NO5/c1-23-16-6-5-13-15(20)11-24-17(13)14(16)4-2-3-12-7-9-19(10-8-12)18(21)22/h2,4-6,12H,3,7-11H2,1H3,(H,21,22)/b4-2+. The number of likely N-dealkylation sites (tertiary alicyclic amines) is 1. The van der Waals surface area contributed by atoms with Gasteiger partial charge < -0.3 is 19.5 Å². The molecule has 6 nitrogen and oxygen atoms in total. The number of Topliss-reactive ketones (excluding diaryl/α,β-unsaturated/α-hetero) is 1. The number of ketones is 1. The van der Waals surface area contributed by atoms with E-state index in [0.717, 1.165) is 24.8 Å². The third kappa shape index (κ3) is 3.22. The Morgan fingerprint density at radius 3 is 2.83 bits per heavy atom. The van der Waals surface area contributed by atoms with Gasteiger partial charge in [0.2, 0.25) is 5.78 Å². The number of hydrogen-bond donors (Lipinski definition) is 1. The van der Waals surface area contributed by atoms with Gasteiger partial charge in [0, 0.05) is 13.1 Å². The molecule has 1 N–H and O–H groups in total. The van der Waals surface area contributed by atoms with E-state index >= 15 is 0 Å². The molecule has 1 amide bonds. The highest BCUT2D eigenvalue weighted by atomic mass is 16.5. The van der Waals surface area contributed by atoms with Gasteiger partial charge >= 0.3 is 6.09 Å². The first-order valence-electron chi connectivity index (χ1n) is 8.11. The average molecular weight is 331 g/mol. The minimum atomic E-state index is -0.838. The third-order valence-corrected chi connectivity index (χ3v) is 4.66. The van der Waals surface area contributed by atoms with E-state index in [4.69, 9.17) is 14.6 Å². The van der Waals surface area contributed by atoms with E-state index in [0.29, 0.717) is 36.1 Å². The molecule has 1 aromatic carbocycles. The number of carbonyl (C=O) groups excluding carboxylic acids is 1. The number of piperidine rings is 1. The normalized spacial score (nSPS) is 17.9. The van der Waals surface area contributed by atoms with Crippen LogP contribution in [0.3, 0.4) is 0 Å². The number of carboxylic acid groups (broad SMARTS) is 1. The number of rotatable bonds is 4. The number of nitrogens with zero attached hydrogens (tertiary/aromatic N) is 1. The first-order chi connectivity index (χ1) is 11.6. The van der Waals surface area contributed by atoms with E-state index in [-0.39, 0.29) is 12.4 Å². The van der Waals surface area contributed by atoms with Crippen LogP contribution >= 0.6 is 0 Å². The van der Waals surface area contributed by atoms with Crippen LogP contribution in [0, 0.1) is 5.92 Å². The van der Waals surface area contributed by atoms with Crippen molar-refractivity contribution in [2.75, 3.05) is 26.8 Å². The molecule has 2 aliphatic rings. The Bertz CT molecular complexity index is 674. The van der Waals surface area contributed by atoms with Crippen LogP contribution in [0.25, 0.3) is 6.08 Å². The Labute approximate surface area is 140 Å². The molecule has 1 aromatic rings. The van der Waals surface area contributed by atoms with Crippen LogP contribution in [-0.2, 0) is 0 Å². The van der Waals surface area contributed by atoms with Crippen molar-refractivity contribution in [3.63, 3.8) is 0 Å². The van der Waals surface area contributed by atoms with Crippen LogP contribution in [0.1, 0.15) is 35.2 Å². The summed E-state index contributed by atoms with van der Waals surface area (Å²) in [6.45, 7) is 1.27. The van der Waals surface area contributed by atoms with Crippen LogP contribution in [0.5, 0.6) is 11.5 Å². The molecule has 2 heterocycles.